The molecule has 70 valence electrons. The largest absolute Gasteiger partial charge is 0.493 e. The molecule has 2 heterocycles. The van der Waals surface area contributed by atoms with E-state index in [0.717, 1.165) is 5.22 Å². The summed E-state index contributed by atoms with van der Waals surface area (Å²) in [6.45, 7) is 0. The fourth-order valence-electron chi connectivity index (χ4n) is 1.79. The van der Waals surface area contributed by atoms with E-state index in [1.165, 1.54) is 6.07 Å². The van der Waals surface area contributed by atoms with Gasteiger partial charge in [0, 0.05) is 23.3 Å². The predicted molar refractivity (Wildman–Crippen MR) is 50.7 cm³/mol. The first kappa shape index (κ1) is 7.62. The monoisotopic (exact) mass is 188 g/mol. The van der Waals surface area contributed by atoms with Crippen LogP contribution in [-0.2, 0) is 4.74 Å². The van der Waals surface area contributed by atoms with Crippen LogP contribution in [0.3, 0.4) is 0 Å². The Balaban J connectivity index is 2.31. The Kier molecular flexibility index (Phi) is 1.42. The molecule has 0 aromatic carbocycles. The average molecular weight is 188 g/mol. The summed E-state index contributed by atoms with van der Waals surface area (Å²) in [5, 5.41) is 0.959. The molecule has 2 unspecified atom stereocenters. The first-order chi connectivity index (χ1) is 6.83. The number of ether oxygens (including phenoxy) is 1. The summed E-state index contributed by atoms with van der Waals surface area (Å²) in [6, 6.07) is 3.21. The van der Waals surface area contributed by atoms with Gasteiger partial charge in [-0.3, -0.25) is 0 Å². The maximum atomic E-state index is 11.0. The highest BCUT2D eigenvalue weighted by molar-refractivity contribution is 5.46. The van der Waals surface area contributed by atoms with Crippen LogP contribution in [0.1, 0.15) is 0 Å². The Morgan fingerprint density at radius 2 is 2.14 bits per heavy atom. The van der Waals surface area contributed by atoms with Gasteiger partial charge < -0.3 is 9.15 Å². The van der Waals surface area contributed by atoms with Crippen LogP contribution < -0.4 is 16.3 Å². The lowest BCUT2D eigenvalue weighted by Crippen LogP contribution is -2.36. The lowest BCUT2D eigenvalue weighted by molar-refractivity contribution is 0.208. The summed E-state index contributed by atoms with van der Waals surface area (Å²) in [7, 11) is 0. The Labute approximate surface area is 79.6 Å². The number of fused-ring (bicyclic) bond motifs is 2. The highest BCUT2D eigenvalue weighted by Crippen LogP contribution is 2.20. The lowest BCUT2D eigenvalue weighted by Gasteiger charge is -2.13. The van der Waals surface area contributed by atoms with Crippen molar-refractivity contribution in [2.45, 2.75) is 6.10 Å². The van der Waals surface area contributed by atoms with Gasteiger partial charge in [0.1, 0.15) is 11.5 Å². The third-order valence-corrected chi connectivity index (χ3v) is 2.50. The van der Waals surface area contributed by atoms with Crippen LogP contribution in [0.5, 0.6) is 0 Å². The number of rotatable bonds is 0. The van der Waals surface area contributed by atoms with Crippen LogP contribution in [0.4, 0.5) is 0 Å². The molecular formula is C11H8O3. The molecular weight excluding hydrogens is 180 g/mol. The molecule has 2 aliphatic rings. The van der Waals surface area contributed by atoms with Crippen LogP contribution in [0, 0.1) is 5.92 Å². The van der Waals surface area contributed by atoms with Gasteiger partial charge in [-0.05, 0) is 12.1 Å². The second kappa shape index (κ2) is 2.61. The molecule has 0 N–H and O–H groups in total. The first-order valence-corrected chi connectivity index (χ1v) is 4.49. The zero-order chi connectivity index (χ0) is 9.54. The minimum Gasteiger partial charge on any atom is -0.493 e. The van der Waals surface area contributed by atoms with Gasteiger partial charge in [-0.25, -0.2) is 4.79 Å². The third-order valence-electron chi connectivity index (χ3n) is 2.50. The predicted octanol–water partition coefficient (Wildman–Crippen LogP) is -0.257. The van der Waals surface area contributed by atoms with Gasteiger partial charge in [-0.15, -0.1) is 0 Å². The van der Waals surface area contributed by atoms with Gasteiger partial charge in [0.05, 0.1) is 6.26 Å². The summed E-state index contributed by atoms with van der Waals surface area (Å²) in [6.07, 6.45) is 7.57. The van der Waals surface area contributed by atoms with Crippen molar-refractivity contribution in [3.05, 3.63) is 45.5 Å². The van der Waals surface area contributed by atoms with E-state index in [9.17, 15) is 4.79 Å². The molecule has 2 atom stereocenters. The second-order valence-electron chi connectivity index (χ2n) is 3.41. The summed E-state index contributed by atoms with van der Waals surface area (Å²) >= 11 is 0. The smallest absolute Gasteiger partial charge is 0.336 e. The lowest BCUT2D eigenvalue weighted by atomic mass is 9.98. The van der Waals surface area contributed by atoms with Gasteiger partial charge >= 0.3 is 5.63 Å². The molecule has 0 bridgehead atoms. The molecule has 0 fully saturated rings. The Bertz CT molecular complexity index is 565. The van der Waals surface area contributed by atoms with Gasteiger partial charge in [0.25, 0.3) is 0 Å². The summed E-state index contributed by atoms with van der Waals surface area (Å²) < 4.78 is 10.4. The molecule has 1 aromatic rings. The minimum absolute atomic E-state index is 0.00644. The Morgan fingerprint density at radius 3 is 3.07 bits per heavy atom. The van der Waals surface area contributed by atoms with Crippen LogP contribution in [0.2, 0.25) is 0 Å². The molecule has 0 saturated heterocycles. The van der Waals surface area contributed by atoms with E-state index >= 15 is 0 Å². The molecule has 1 aliphatic carbocycles. The van der Waals surface area contributed by atoms with Crippen molar-refractivity contribution in [2.75, 3.05) is 0 Å². The van der Waals surface area contributed by atoms with E-state index in [2.05, 4.69) is 0 Å². The Morgan fingerprint density at radius 1 is 1.21 bits per heavy atom. The van der Waals surface area contributed by atoms with E-state index in [1.807, 2.05) is 18.2 Å². The summed E-state index contributed by atoms with van der Waals surface area (Å²) in [5.74, 6) is 0.273. The van der Waals surface area contributed by atoms with Crippen molar-refractivity contribution < 1.29 is 9.15 Å². The third kappa shape index (κ3) is 1.02. The highest BCUT2D eigenvalue weighted by atomic mass is 16.5. The maximum Gasteiger partial charge on any atom is 0.336 e. The van der Waals surface area contributed by atoms with Gasteiger partial charge in [0.15, 0.2) is 0 Å². The topological polar surface area (TPSA) is 39.4 Å². The van der Waals surface area contributed by atoms with E-state index in [-0.39, 0.29) is 17.6 Å². The standard InChI is InChI=1S/C11H8O3/c12-11-2-1-7-5-8-3-4-13-9(8)6-10(7)14-11/h1-6,8-9H. The fourth-order valence-corrected chi connectivity index (χ4v) is 1.79. The number of hydrogen-bond acceptors (Lipinski definition) is 3. The highest BCUT2D eigenvalue weighted by Gasteiger charge is 2.23. The average Bonchev–Trinajstić information content (AvgIpc) is 2.61. The molecule has 0 saturated carbocycles. The van der Waals surface area contributed by atoms with Gasteiger partial charge in [-0.2, -0.15) is 0 Å². The fraction of sp³-hybridized carbons (Fsp3) is 0.182. The van der Waals surface area contributed by atoms with Crippen molar-refractivity contribution in [2.24, 2.45) is 5.92 Å². The molecule has 3 nitrogen and oxygen atoms in total. The van der Waals surface area contributed by atoms with E-state index < -0.39 is 0 Å². The van der Waals surface area contributed by atoms with Gasteiger partial charge in [0.2, 0.25) is 0 Å². The number of hydrogen-bond donors (Lipinski definition) is 0. The zero-order valence-electron chi connectivity index (χ0n) is 7.34. The summed E-state index contributed by atoms with van der Waals surface area (Å²) in [5.41, 5.74) is 0.292. The van der Waals surface area contributed by atoms with E-state index in [4.69, 9.17) is 9.15 Å². The Hall–Kier alpha value is -1.77. The molecule has 1 aliphatic heterocycles. The molecule has 1 aromatic heterocycles. The van der Waals surface area contributed by atoms with Crippen molar-refractivity contribution >= 4 is 12.2 Å². The van der Waals surface area contributed by atoms with E-state index in [1.54, 1.807) is 12.3 Å². The van der Waals surface area contributed by atoms with Crippen LogP contribution in [0.15, 0.2) is 33.7 Å². The zero-order valence-corrected chi connectivity index (χ0v) is 7.34. The van der Waals surface area contributed by atoms with Crippen LogP contribution in [0.25, 0.3) is 12.2 Å². The van der Waals surface area contributed by atoms with Crippen molar-refractivity contribution in [3.63, 3.8) is 0 Å². The molecule has 0 radical (unpaired) electrons. The maximum absolute atomic E-state index is 11.0. The SMILES string of the molecule is O=c1ccc2c(o1)=CC1OC=CC1C=2. The molecule has 3 rings (SSSR count). The second-order valence-corrected chi connectivity index (χ2v) is 3.41. The van der Waals surface area contributed by atoms with Crippen molar-refractivity contribution in [1.82, 2.24) is 0 Å². The molecule has 3 heteroatoms. The first-order valence-electron chi connectivity index (χ1n) is 4.49. The van der Waals surface area contributed by atoms with Gasteiger partial charge in [-0.1, -0.05) is 6.08 Å². The van der Waals surface area contributed by atoms with Crippen molar-refractivity contribution in [1.29, 1.82) is 0 Å². The molecule has 0 amide bonds. The minimum atomic E-state index is -0.321. The van der Waals surface area contributed by atoms with Crippen LogP contribution >= 0.6 is 0 Å². The molecule has 14 heavy (non-hydrogen) atoms. The van der Waals surface area contributed by atoms with Crippen LogP contribution in [-0.4, -0.2) is 6.10 Å². The summed E-state index contributed by atoms with van der Waals surface area (Å²) in [4.78, 5) is 11.0. The quantitative estimate of drug-likeness (QED) is 0.563. The molecule has 0 spiro atoms. The normalized spacial score (nSPS) is 26.9. The van der Waals surface area contributed by atoms with E-state index in [0.29, 0.717) is 5.42 Å². The van der Waals surface area contributed by atoms with Crippen molar-refractivity contribution in [3.8, 4) is 0 Å².